The minimum atomic E-state index is -0.581. The minimum Gasteiger partial charge on any atom is -0.453 e. The number of ether oxygens (including phenoxy) is 2. The van der Waals surface area contributed by atoms with Gasteiger partial charge in [0.2, 0.25) is 0 Å². The van der Waals surface area contributed by atoms with Crippen molar-refractivity contribution in [2.24, 2.45) is 0 Å². The normalized spacial score (nSPS) is 26.1. The van der Waals surface area contributed by atoms with Crippen molar-refractivity contribution >= 4 is 27.7 Å². The van der Waals surface area contributed by atoms with E-state index in [9.17, 15) is 14.0 Å². The standard InChI is InChI=1S/C17H13BrFNO4/c1-7-16-15(17(22)24-7)13(8-2-3-10(19)9(18)4-8)14-11(20-16)5-23-6-12(14)21/h2-4,7,13,20H,5-6H2,1H3/t7-,13-/m1/s1. The fraction of sp³-hybridized carbons (Fsp3) is 0.294. The summed E-state index contributed by atoms with van der Waals surface area (Å²) in [6.07, 6.45) is -0.426. The summed E-state index contributed by atoms with van der Waals surface area (Å²) in [6.45, 7) is 1.99. The molecule has 0 unspecified atom stereocenters. The number of Topliss-reactive ketones (excluding diaryl/α,β-unsaturated/α-hetero) is 1. The molecule has 2 atom stereocenters. The molecular formula is C17H13BrFNO4. The van der Waals surface area contributed by atoms with Gasteiger partial charge < -0.3 is 14.8 Å². The smallest absolute Gasteiger partial charge is 0.337 e. The Bertz CT molecular complexity index is 843. The minimum absolute atomic E-state index is 0.0351. The first-order valence-corrected chi connectivity index (χ1v) is 8.27. The van der Waals surface area contributed by atoms with Crippen LogP contribution in [0.3, 0.4) is 0 Å². The first-order valence-electron chi connectivity index (χ1n) is 7.48. The maximum absolute atomic E-state index is 13.6. The summed E-state index contributed by atoms with van der Waals surface area (Å²) in [6, 6.07) is 4.50. The summed E-state index contributed by atoms with van der Waals surface area (Å²) in [7, 11) is 0. The van der Waals surface area contributed by atoms with E-state index in [0.29, 0.717) is 28.1 Å². The molecule has 0 saturated heterocycles. The molecule has 124 valence electrons. The highest BCUT2D eigenvalue weighted by Gasteiger charge is 2.45. The van der Waals surface area contributed by atoms with Crippen LogP contribution in [0.1, 0.15) is 18.4 Å². The van der Waals surface area contributed by atoms with Crippen molar-refractivity contribution in [3.8, 4) is 0 Å². The number of benzene rings is 1. The third-order valence-corrected chi connectivity index (χ3v) is 5.05. The summed E-state index contributed by atoms with van der Waals surface area (Å²) in [4.78, 5) is 24.8. The van der Waals surface area contributed by atoms with Gasteiger partial charge in [-0.1, -0.05) is 6.07 Å². The van der Waals surface area contributed by atoms with Crippen LogP contribution >= 0.6 is 15.9 Å². The summed E-state index contributed by atoms with van der Waals surface area (Å²) >= 11 is 3.17. The zero-order chi connectivity index (χ0) is 17.0. The molecular weight excluding hydrogens is 381 g/mol. The zero-order valence-electron chi connectivity index (χ0n) is 12.7. The Labute approximate surface area is 145 Å². The Morgan fingerprint density at radius 1 is 1.25 bits per heavy atom. The van der Waals surface area contributed by atoms with Crippen LogP contribution in [0.5, 0.6) is 0 Å². The first kappa shape index (κ1) is 15.5. The van der Waals surface area contributed by atoms with E-state index >= 15 is 0 Å². The van der Waals surface area contributed by atoms with Gasteiger partial charge in [0, 0.05) is 17.2 Å². The molecule has 3 heterocycles. The van der Waals surface area contributed by atoms with Crippen LogP contribution in [0.4, 0.5) is 4.39 Å². The number of nitrogens with one attached hydrogen (secondary N) is 1. The van der Waals surface area contributed by atoms with Gasteiger partial charge in [-0.15, -0.1) is 0 Å². The fourth-order valence-corrected chi connectivity index (χ4v) is 3.79. The van der Waals surface area contributed by atoms with Crippen molar-refractivity contribution in [3.63, 3.8) is 0 Å². The maximum Gasteiger partial charge on any atom is 0.337 e. The Morgan fingerprint density at radius 3 is 2.79 bits per heavy atom. The average Bonchev–Trinajstić information content (AvgIpc) is 2.83. The van der Waals surface area contributed by atoms with Crippen LogP contribution in [-0.4, -0.2) is 31.1 Å². The first-order chi connectivity index (χ1) is 11.5. The Kier molecular flexibility index (Phi) is 3.58. The van der Waals surface area contributed by atoms with Gasteiger partial charge in [0.05, 0.1) is 22.3 Å². The van der Waals surface area contributed by atoms with Crippen molar-refractivity contribution in [1.29, 1.82) is 0 Å². The predicted molar refractivity (Wildman–Crippen MR) is 85.4 cm³/mol. The van der Waals surface area contributed by atoms with Crippen LogP contribution in [0.2, 0.25) is 0 Å². The number of ketones is 1. The topological polar surface area (TPSA) is 64.6 Å². The Morgan fingerprint density at radius 2 is 2.04 bits per heavy atom. The van der Waals surface area contributed by atoms with E-state index in [1.807, 2.05) is 0 Å². The molecule has 0 amide bonds. The van der Waals surface area contributed by atoms with Crippen molar-refractivity contribution in [2.45, 2.75) is 18.9 Å². The SMILES string of the molecule is C[C@H]1OC(=O)C2=C1NC1=C(C(=O)COC1)[C@H]2c1ccc(F)c(Br)c1. The number of carbonyl (C=O) groups excluding carboxylic acids is 2. The van der Waals surface area contributed by atoms with Crippen LogP contribution < -0.4 is 5.32 Å². The lowest BCUT2D eigenvalue weighted by Gasteiger charge is -2.32. The van der Waals surface area contributed by atoms with E-state index in [1.54, 1.807) is 19.1 Å². The summed E-state index contributed by atoms with van der Waals surface area (Å²) in [5.41, 5.74) is 2.84. The zero-order valence-corrected chi connectivity index (χ0v) is 14.3. The number of esters is 1. The van der Waals surface area contributed by atoms with Crippen LogP contribution in [-0.2, 0) is 19.1 Å². The van der Waals surface area contributed by atoms with Crippen LogP contribution in [0, 0.1) is 5.82 Å². The Hall–Kier alpha value is -1.99. The molecule has 7 heteroatoms. The number of rotatable bonds is 1. The van der Waals surface area contributed by atoms with Gasteiger partial charge >= 0.3 is 5.97 Å². The highest BCUT2D eigenvalue weighted by atomic mass is 79.9. The Balaban J connectivity index is 1.93. The predicted octanol–water partition coefficient (Wildman–Crippen LogP) is 2.33. The van der Waals surface area contributed by atoms with Gasteiger partial charge in [-0.2, -0.15) is 0 Å². The maximum atomic E-state index is 13.6. The van der Waals surface area contributed by atoms with Crippen LogP contribution in [0.15, 0.2) is 45.2 Å². The summed E-state index contributed by atoms with van der Waals surface area (Å²) in [5, 5.41) is 3.14. The second kappa shape index (κ2) is 5.53. The number of dihydropyridines is 1. The lowest BCUT2D eigenvalue weighted by atomic mass is 9.78. The van der Waals surface area contributed by atoms with Gasteiger partial charge in [0.15, 0.2) is 5.78 Å². The van der Waals surface area contributed by atoms with E-state index in [4.69, 9.17) is 9.47 Å². The number of cyclic esters (lactones) is 1. The number of carbonyl (C=O) groups is 2. The lowest BCUT2D eigenvalue weighted by Crippen LogP contribution is -2.37. The van der Waals surface area contributed by atoms with Gasteiger partial charge in [0.1, 0.15) is 18.5 Å². The van der Waals surface area contributed by atoms with Gasteiger partial charge in [-0.3, -0.25) is 4.79 Å². The largest absolute Gasteiger partial charge is 0.453 e. The molecule has 1 aromatic carbocycles. The monoisotopic (exact) mass is 393 g/mol. The molecule has 0 bridgehead atoms. The van der Waals surface area contributed by atoms with E-state index in [2.05, 4.69) is 21.2 Å². The van der Waals surface area contributed by atoms with Crippen molar-refractivity contribution in [2.75, 3.05) is 13.2 Å². The third-order valence-electron chi connectivity index (χ3n) is 4.45. The lowest BCUT2D eigenvalue weighted by molar-refractivity contribution is -0.139. The highest BCUT2D eigenvalue weighted by Crippen LogP contribution is 2.44. The van der Waals surface area contributed by atoms with Crippen molar-refractivity contribution in [3.05, 3.63) is 56.6 Å². The fourth-order valence-electron chi connectivity index (χ4n) is 3.39. The second-order valence-electron chi connectivity index (χ2n) is 5.91. The molecule has 3 aliphatic heterocycles. The van der Waals surface area contributed by atoms with E-state index in [1.165, 1.54) is 6.07 Å². The molecule has 24 heavy (non-hydrogen) atoms. The summed E-state index contributed by atoms with van der Waals surface area (Å²) < 4.78 is 24.5. The van der Waals surface area contributed by atoms with Gasteiger partial charge in [-0.25, -0.2) is 9.18 Å². The molecule has 5 nitrogen and oxygen atoms in total. The highest BCUT2D eigenvalue weighted by molar-refractivity contribution is 9.10. The molecule has 0 aliphatic carbocycles. The molecule has 4 rings (SSSR count). The second-order valence-corrected chi connectivity index (χ2v) is 6.77. The molecule has 0 spiro atoms. The quantitative estimate of drug-likeness (QED) is 0.741. The molecule has 1 aromatic rings. The van der Waals surface area contributed by atoms with E-state index in [-0.39, 0.29) is 23.5 Å². The summed E-state index contributed by atoms with van der Waals surface area (Å²) in [5.74, 6) is -1.63. The third kappa shape index (κ3) is 2.22. The molecule has 3 aliphatic rings. The van der Waals surface area contributed by atoms with E-state index in [0.717, 1.165) is 0 Å². The number of halogens is 2. The van der Waals surface area contributed by atoms with Crippen molar-refractivity contribution < 1.29 is 23.5 Å². The number of hydrogen-bond acceptors (Lipinski definition) is 5. The van der Waals surface area contributed by atoms with Gasteiger partial charge in [0.25, 0.3) is 0 Å². The van der Waals surface area contributed by atoms with E-state index < -0.39 is 23.8 Å². The molecule has 0 aromatic heterocycles. The molecule has 0 fully saturated rings. The van der Waals surface area contributed by atoms with Gasteiger partial charge in [-0.05, 0) is 40.5 Å². The number of hydrogen-bond donors (Lipinski definition) is 1. The molecule has 0 saturated carbocycles. The molecule has 0 radical (unpaired) electrons. The van der Waals surface area contributed by atoms with Crippen molar-refractivity contribution in [1.82, 2.24) is 5.32 Å². The molecule has 1 N–H and O–H groups in total. The average molecular weight is 394 g/mol. The van der Waals surface area contributed by atoms with Crippen LogP contribution in [0.25, 0.3) is 0 Å².